The first-order valence-electron chi connectivity index (χ1n) is 8.86. The van der Waals surface area contributed by atoms with Crippen LogP contribution in [0.4, 0.5) is 8.78 Å². The first-order chi connectivity index (χ1) is 13.0. The van der Waals surface area contributed by atoms with Crippen molar-refractivity contribution in [1.82, 2.24) is 24.4 Å². The van der Waals surface area contributed by atoms with E-state index in [9.17, 15) is 13.6 Å². The number of aromatic nitrogens is 4. The number of nitrogens with one attached hydrogen (secondary N) is 1. The van der Waals surface area contributed by atoms with Crippen LogP contribution in [0.2, 0.25) is 0 Å². The number of aromatic amines is 1. The molecule has 1 aliphatic heterocycles. The molecule has 1 amide bonds. The van der Waals surface area contributed by atoms with E-state index in [1.807, 2.05) is 11.5 Å². The molecule has 8 heteroatoms. The molecule has 0 fully saturated rings. The Hall–Kier alpha value is -3.03. The van der Waals surface area contributed by atoms with Crippen LogP contribution >= 0.6 is 0 Å². The van der Waals surface area contributed by atoms with Crippen LogP contribution in [0.5, 0.6) is 0 Å². The van der Waals surface area contributed by atoms with Crippen molar-refractivity contribution in [3.8, 4) is 11.4 Å². The van der Waals surface area contributed by atoms with Gasteiger partial charge < -0.3 is 14.5 Å². The molecule has 1 N–H and O–H groups in total. The second-order valence-electron chi connectivity index (χ2n) is 6.53. The molecule has 4 rings (SSSR count). The lowest BCUT2D eigenvalue weighted by Gasteiger charge is -2.26. The maximum absolute atomic E-state index is 14.0. The molecule has 0 radical (unpaired) electrons. The molecule has 0 unspecified atom stereocenters. The van der Waals surface area contributed by atoms with E-state index in [1.54, 1.807) is 17.3 Å². The highest BCUT2D eigenvalue weighted by atomic mass is 19.1. The second kappa shape index (κ2) is 6.94. The zero-order chi connectivity index (χ0) is 19.0. The first-order valence-corrected chi connectivity index (χ1v) is 8.86. The summed E-state index contributed by atoms with van der Waals surface area (Å²) < 4.78 is 29.0. The molecule has 0 spiro atoms. The number of nitrogens with zero attached hydrogens (tertiary/aromatic N) is 4. The zero-order valence-corrected chi connectivity index (χ0v) is 14.9. The summed E-state index contributed by atoms with van der Waals surface area (Å²) in [6, 6.07) is 3.40. The number of H-pyrrole nitrogens is 1. The summed E-state index contributed by atoms with van der Waals surface area (Å²) in [5.41, 5.74) is 1.82. The minimum absolute atomic E-state index is 0.00235. The maximum Gasteiger partial charge on any atom is 0.242 e. The van der Waals surface area contributed by atoms with Gasteiger partial charge in [0.25, 0.3) is 0 Å². The number of halogens is 2. The molecule has 3 aromatic rings. The van der Waals surface area contributed by atoms with Crippen molar-refractivity contribution in [2.45, 2.75) is 32.9 Å². The molecule has 0 bridgehead atoms. The highest BCUT2D eigenvalue weighted by Crippen LogP contribution is 2.25. The van der Waals surface area contributed by atoms with Gasteiger partial charge in [-0.05, 0) is 12.1 Å². The Balaban J connectivity index is 1.51. The third-order valence-electron chi connectivity index (χ3n) is 4.79. The molecular formula is C19H19F2N5O. The average Bonchev–Trinajstić information content (AvgIpc) is 3.27. The Bertz CT molecular complexity index is 994. The molecule has 1 aliphatic rings. The van der Waals surface area contributed by atoms with E-state index in [-0.39, 0.29) is 18.0 Å². The molecule has 2 aromatic heterocycles. The van der Waals surface area contributed by atoms with Gasteiger partial charge in [-0.3, -0.25) is 4.79 Å². The van der Waals surface area contributed by atoms with Crippen LogP contribution in [0, 0.1) is 11.6 Å². The van der Waals surface area contributed by atoms with E-state index in [1.165, 1.54) is 12.1 Å². The number of rotatable bonds is 4. The van der Waals surface area contributed by atoms with Gasteiger partial charge >= 0.3 is 0 Å². The van der Waals surface area contributed by atoms with Crippen LogP contribution in [-0.2, 0) is 30.7 Å². The van der Waals surface area contributed by atoms with Crippen LogP contribution in [0.25, 0.3) is 11.4 Å². The standard InChI is InChI=1S/C19H19F2N5O/c1-2-17-22-6-8-25(17)11-18(27)26-7-5-15-16(10-26)24-19(23-15)13-4-3-12(20)9-14(13)21/h3-4,6,8-9H,2,5,7,10-11H2,1H3,(H,23,24). The quantitative estimate of drug-likeness (QED) is 0.767. The monoisotopic (exact) mass is 371 g/mol. The van der Waals surface area contributed by atoms with Gasteiger partial charge in [0.2, 0.25) is 5.91 Å². The lowest BCUT2D eigenvalue weighted by Crippen LogP contribution is -2.38. The minimum atomic E-state index is -0.666. The lowest BCUT2D eigenvalue weighted by atomic mass is 10.1. The molecule has 0 saturated heterocycles. The summed E-state index contributed by atoms with van der Waals surface area (Å²) in [5, 5.41) is 0. The van der Waals surface area contributed by atoms with Gasteiger partial charge in [0, 0.05) is 37.8 Å². The van der Waals surface area contributed by atoms with Gasteiger partial charge in [-0.15, -0.1) is 0 Å². The van der Waals surface area contributed by atoms with E-state index in [0.717, 1.165) is 29.7 Å². The van der Waals surface area contributed by atoms with E-state index >= 15 is 0 Å². The number of amides is 1. The summed E-state index contributed by atoms with van der Waals surface area (Å²) in [5.74, 6) is -0.0691. The molecule has 0 saturated carbocycles. The van der Waals surface area contributed by atoms with E-state index in [4.69, 9.17) is 0 Å². The number of hydrogen-bond donors (Lipinski definition) is 1. The fourth-order valence-corrected chi connectivity index (χ4v) is 3.36. The fraction of sp³-hybridized carbons (Fsp3) is 0.316. The molecular weight excluding hydrogens is 352 g/mol. The van der Waals surface area contributed by atoms with Crippen molar-refractivity contribution in [3.05, 3.63) is 59.4 Å². The van der Waals surface area contributed by atoms with Gasteiger partial charge in [0.1, 0.15) is 29.8 Å². The van der Waals surface area contributed by atoms with E-state index < -0.39 is 11.6 Å². The summed E-state index contributed by atoms with van der Waals surface area (Å²) in [7, 11) is 0. The van der Waals surface area contributed by atoms with E-state index in [2.05, 4.69) is 15.0 Å². The number of imidazole rings is 2. The van der Waals surface area contributed by atoms with Crippen LogP contribution < -0.4 is 0 Å². The third kappa shape index (κ3) is 3.34. The van der Waals surface area contributed by atoms with Gasteiger partial charge in [0.05, 0.1) is 23.5 Å². The topological polar surface area (TPSA) is 66.8 Å². The highest BCUT2D eigenvalue weighted by molar-refractivity contribution is 5.76. The Morgan fingerprint density at radius 1 is 1.33 bits per heavy atom. The normalized spacial score (nSPS) is 13.7. The SMILES string of the molecule is CCc1nccn1CC(=O)N1CCc2nc(-c3ccc(F)cc3F)[nH]c2C1. The van der Waals surface area contributed by atoms with Crippen LogP contribution in [-0.4, -0.2) is 36.9 Å². The zero-order valence-electron chi connectivity index (χ0n) is 14.9. The van der Waals surface area contributed by atoms with Gasteiger partial charge in [-0.25, -0.2) is 18.7 Å². The third-order valence-corrected chi connectivity index (χ3v) is 4.79. The Kier molecular flexibility index (Phi) is 4.47. The second-order valence-corrected chi connectivity index (χ2v) is 6.53. The lowest BCUT2D eigenvalue weighted by molar-refractivity contribution is -0.132. The van der Waals surface area contributed by atoms with Gasteiger partial charge in [-0.2, -0.15) is 0 Å². The number of fused-ring (bicyclic) bond motifs is 1. The number of benzene rings is 1. The van der Waals surface area contributed by atoms with E-state index in [0.29, 0.717) is 25.3 Å². The first kappa shape index (κ1) is 17.4. The highest BCUT2D eigenvalue weighted by Gasteiger charge is 2.25. The van der Waals surface area contributed by atoms with Crippen molar-refractivity contribution in [2.24, 2.45) is 0 Å². The van der Waals surface area contributed by atoms with Crippen molar-refractivity contribution in [2.75, 3.05) is 6.54 Å². The summed E-state index contributed by atoms with van der Waals surface area (Å²) in [6.45, 7) is 3.18. The maximum atomic E-state index is 14.0. The molecule has 0 aliphatic carbocycles. The van der Waals surface area contributed by atoms with Crippen LogP contribution in [0.1, 0.15) is 24.1 Å². The van der Waals surface area contributed by atoms with Gasteiger partial charge in [0.15, 0.2) is 0 Å². The largest absolute Gasteiger partial charge is 0.340 e. The molecule has 6 nitrogen and oxygen atoms in total. The number of aryl methyl sites for hydroxylation is 1. The summed E-state index contributed by atoms with van der Waals surface area (Å²) in [4.78, 5) is 26.2. The Morgan fingerprint density at radius 3 is 2.96 bits per heavy atom. The predicted octanol–water partition coefficient (Wildman–Crippen LogP) is 2.70. The summed E-state index contributed by atoms with van der Waals surface area (Å²) >= 11 is 0. The van der Waals surface area contributed by atoms with Gasteiger partial charge in [-0.1, -0.05) is 6.92 Å². The summed E-state index contributed by atoms with van der Waals surface area (Å²) in [6.07, 6.45) is 4.85. The Labute approximate surface area is 154 Å². The van der Waals surface area contributed by atoms with Crippen molar-refractivity contribution in [3.63, 3.8) is 0 Å². The van der Waals surface area contributed by atoms with Crippen molar-refractivity contribution < 1.29 is 13.6 Å². The Morgan fingerprint density at radius 2 is 2.19 bits per heavy atom. The van der Waals surface area contributed by atoms with Crippen molar-refractivity contribution >= 4 is 5.91 Å². The smallest absolute Gasteiger partial charge is 0.242 e. The molecule has 140 valence electrons. The molecule has 27 heavy (non-hydrogen) atoms. The number of carbonyl (C=O) groups excluding carboxylic acids is 1. The van der Waals surface area contributed by atoms with Crippen LogP contribution in [0.15, 0.2) is 30.6 Å². The average molecular weight is 371 g/mol. The molecule has 3 heterocycles. The minimum Gasteiger partial charge on any atom is -0.340 e. The fourth-order valence-electron chi connectivity index (χ4n) is 3.36. The van der Waals surface area contributed by atoms with Crippen molar-refractivity contribution in [1.29, 1.82) is 0 Å². The van der Waals surface area contributed by atoms with Crippen LogP contribution in [0.3, 0.4) is 0 Å². The molecule has 1 aromatic carbocycles. The number of hydrogen-bond acceptors (Lipinski definition) is 3. The molecule has 0 atom stereocenters. The number of carbonyl (C=O) groups is 1. The predicted molar refractivity (Wildman–Crippen MR) is 94.7 cm³/mol.